The molecule has 0 aromatic heterocycles. The van der Waals surface area contributed by atoms with E-state index in [1.54, 1.807) is 12.1 Å². The van der Waals surface area contributed by atoms with Crippen molar-refractivity contribution in [1.29, 1.82) is 0 Å². The van der Waals surface area contributed by atoms with Crippen LogP contribution in [0.5, 0.6) is 0 Å². The maximum Gasteiger partial charge on any atom is 0.338 e. The summed E-state index contributed by atoms with van der Waals surface area (Å²) in [5, 5.41) is 17.7. The number of hydrogen-bond donors (Lipinski definition) is 2. The highest BCUT2D eigenvalue weighted by Gasteiger charge is 2.11. The van der Waals surface area contributed by atoms with Gasteiger partial charge in [0.25, 0.3) is 0 Å². The molecule has 0 aliphatic carbocycles. The fourth-order valence-electron chi connectivity index (χ4n) is 1.49. The summed E-state index contributed by atoms with van der Waals surface area (Å²) in [5.41, 5.74) is 1.64. The zero-order chi connectivity index (χ0) is 13.5. The van der Waals surface area contributed by atoms with Crippen molar-refractivity contribution in [3.05, 3.63) is 35.4 Å². The lowest BCUT2D eigenvalue weighted by Crippen LogP contribution is -2.21. The number of carbonyl (C=O) groups is 1. The first-order valence-corrected chi connectivity index (χ1v) is 6.14. The molecular formula is C14H20O4. The van der Waals surface area contributed by atoms with E-state index in [0.717, 1.165) is 6.42 Å². The number of aliphatic hydroxyl groups is 2. The van der Waals surface area contributed by atoms with Crippen LogP contribution in [0.4, 0.5) is 0 Å². The van der Waals surface area contributed by atoms with Gasteiger partial charge < -0.3 is 14.9 Å². The van der Waals surface area contributed by atoms with Crippen molar-refractivity contribution in [2.45, 2.75) is 32.3 Å². The molecule has 2 atom stereocenters. The molecule has 0 fully saturated rings. The van der Waals surface area contributed by atoms with Gasteiger partial charge in [-0.15, -0.1) is 0 Å². The SMILES string of the molecule is CCC(C)c1ccc(C(=O)OCC(O)CO)cc1. The first-order chi connectivity index (χ1) is 8.58. The molecule has 0 saturated carbocycles. The second-order valence-electron chi connectivity index (χ2n) is 4.37. The molecule has 1 aromatic carbocycles. The number of esters is 1. The molecule has 0 heterocycles. The summed E-state index contributed by atoms with van der Waals surface area (Å²) in [6, 6.07) is 7.25. The van der Waals surface area contributed by atoms with Gasteiger partial charge in [-0.05, 0) is 30.0 Å². The molecule has 2 unspecified atom stereocenters. The predicted octanol–water partition coefficient (Wildman–Crippen LogP) is 1.71. The first kappa shape index (κ1) is 14.7. The minimum Gasteiger partial charge on any atom is -0.459 e. The van der Waals surface area contributed by atoms with Crippen LogP contribution in [-0.4, -0.2) is 35.5 Å². The van der Waals surface area contributed by atoms with Gasteiger partial charge >= 0.3 is 5.97 Å². The number of benzene rings is 1. The van der Waals surface area contributed by atoms with Crippen LogP contribution in [0.15, 0.2) is 24.3 Å². The number of rotatable bonds is 6. The summed E-state index contributed by atoms with van der Waals surface area (Å²) in [7, 11) is 0. The Kier molecular flexibility index (Phi) is 5.82. The van der Waals surface area contributed by atoms with Gasteiger partial charge in [0.2, 0.25) is 0 Å². The molecule has 0 bridgehead atoms. The van der Waals surface area contributed by atoms with E-state index < -0.39 is 18.7 Å². The Morgan fingerprint density at radius 3 is 2.44 bits per heavy atom. The zero-order valence-electron chi connectivity index (χ0n) is 10.8. The second-order valence-corrected chi connectivity index (χ2v) is 4.37. The van der Waals surface area contributed by atoms with E-state index in [-0.39, 0.29) is 6.61 Å². The van der Waals surface area contributed by atoms with Crippen molar-refractivity contribution in [1.82, 2.24) is 0 Å². The van der Waals surface area contributed by atoms with Crippen molar-refractivity contribution in [3.8, 4) is 0 Å². The van der Waals surface area contributed by atoms with E-state index in [2.05, 4.69) is 13.8 Å². The molecule has 100 valence electrons. The third-order valence-corrected chi connectivity index (χ3v) is 2.95. The molecule has 1 rings (SSSR count). The summed E-state index contributed by atoms with van der Waals surface area (Å²) in [6.45, 7) is 3.64. The van der Waals surface area contributed by atoms with E-state index in [1.807, 2.05) is 12.1 Å². The van der Waals surface area contributed by atoms with Gasteiger partial charge in [-0.25, -0.2) is 4.79 Å². The molecule has 0 spiro atoms. The van der Waals surface area contributed by atoms with Crippen LogP contribution >= 0.6 is 0 Å². The van der Waals surface area contributed by atoms with Gasteiger partial charge in [-0.3, -0.25) is 0 Å². The maximum atomic E-state index is 11.6. The van der Waals surface area contributed by atoms with E-state index in [4.69, 9.17) is 14.9 Å². The smallest absolute Gasteiger partial charge is 0.338 e. The van der Waals surface area contributed by atoms with Crippen molar-refractivity contribution in [2.24, 2.45) is 0 Å². The number of ether oxygens (including phenoxy) is 1. The topological polar surface area (TPSA) is 66.8 Å². The molecule has 0 amide bonds. The quantitative estimate of drug-likeness (QED) is 0.756. The average molecular weight is 252 g/mol. The van der Waals surface area contributed by atoms with Gasteiger partial charge in [0.05, 0.1) is 12.2 Å². The number of aliphatic hydroxyl groups excluding tert-OH is 2. The van der Waals surface area contributed by atoms with Gasteiger partial charge in [-0.1, -0.05) is 26.0 Å². The molecular weight excluding hydrogens is 232 g/mol. The normalized spacial score (nSPS) is 14.0. The first-order valence-electron chi connectivity index (χ1n) is 6.14. The van der Waals surface area contributed by atoms with Crippen LogP contribution in [0.25, 0.3) is 0 Å². The summed E-state index contributed by atoms with van der Waals surface area (Å²) in [4.78, 5) is 11.6. The molecule has 0 saturated heterocycles. The fraction of sp³-hybridized carbons (Fsp3) is 0.500. The van der Waals surface area contributed by atoms with Crippen LogP contribution in [-0.2, 0) is 4.74 Å². The van der Waals surface area contributed by atoms with Gasteiger partial charge in [0.1, 0.15) is 12.7 Å². The lowest BCUT2D eigenvalue weighted by molar-refractivity contribution is 0.00933. The Hall–Kier alpha value is -1.39. The summed E-state index contributed by atoms with van der Waals surface area (Å²) < 4.78 is 4.86. The Bertz CT molecular complexity index is 372. The minimum atomic E-state index is -1.02. The van der Waals surface area contributed by atoms with Crippen molar-refractivity contribution < 1.29 is 19.7 Å². The minimum absolute atomic E-state index is 0.192. The second kappa shape index (κ2) is 7.13. The van der Waals surface area contributed by atoms with E-state index in [0.29, 0.717) is 11.5 Å². The molecule has 0 aliphatic heterocycles. The van der Waals surface area contributed by atoms with Crippen molar-refractivity contribution >= 4 is 5.97 Å². The highest BCUT2D eigenvalue weighted by atomic mass is 16.5. The summed E-state index contributed by atoms with van der Waals surface area (Å²) in [6.07, 6.45) is 0.0280. The third-order valence-electron chi connectivity index (χ3n) is 2.95. The molecule has 2 N–H and O–H groups in total. The Morgan fingerprint density at radius 1 is 1.33 bits per heavy atom. The van der Waals surface area contributed by atoms with E-state index in [9.17, 15) is 4.79 Å². The van der Waals surface area contributed by atoms with Crippen LogP contribution in [0, 0.1) is 0 Å². The monoisotopic (exact) mass is 252 g/mol. The van der Waals surface area contributed by atoms with E-state index >= 15 is 0 Å². The Morgan fingerprint density at radius 2 is 1.94 bits per heavy atom. The predicted molar refractivity (Wildman–Crippen MR) is 68.5 cm³/mol. The molecule has 1 aromatic rings. The maximum absolute atomic E-state index is 11.6. The largest absolute Gasteiger partial charge is 0.459 e. The van der Waals surface area contributed by atoms with Crippen molar-refractivity contribution in [3.63, 3.8) is 0 Å². The summed E-state index contributed by atoms with van der Waals surface area (Å²) >= 11 is 0. The molecule has 0 aliphatic rings. The highest BCUT2D eigenvalue weighted by molar-refractivity contribution is 5.89. The molecule has 0 radical (unpaired) electrons. The molecule has 18 heavy (non-hydrogen) atoms. The zero-order valence-corrected chi connectivity index (χ0v) is 10.8. The summed E-state index contributed by atoms with van der Waals surface area (Å²) in [5.74, 6) is -0.0236. The highest BCUT2D eigenvalue weighted by Crippen LogP contribution is 2.19. The van der Waals surface area contributed by atoms with E-state index in [1.165, 1.54) is 5.56 Å². The lowest BCUT2D eigenvalue weighted by atomic mass is 9.98. The third kappa shape index (κ3) is 4.13. The lowest BCUT2D eigenvalue weighted by Gasteiger charge is -2.11. The van der Waals surface area contributed by atoms with Crippen LogP contribution < -0.4 is 0 Å². The van der Waals surface area contributed by atoms with Gasteiger partial charge in [0, 0.05) is 0 Å². The molecule has 4 heteroatoms. The average Bonchev–Trinajstić information content (AvgIpc) is 2.43. The number of hydrogen-bond acceptors (Lipinski definition) is 4. The Labute approximate surface area is 107 Å². The van der Waals surface area contributed by atoms with Crippen molar-refractivity contribution in [2.75, 3.05) is 13.2 Å². The fourth-order valence-corrected chi connectivity index (χ4v) is 1.49. The van der Waals surface area contributed by atoms with Gasteiger partial charge in [0.15, 0.2) is 0 Å². The van der Waals surface area contributed by atoms with Crippen LogP contribution in [0.3, 0.4) is 0 Å². The molecule has 4 nitrogen and oxygen atoms in total. The van der Waals surface area contributed by atoms with Crippen LogP contribution in [0.1, 0.15) is 42.1 Å². The number of carbonyl (C=O) groups excluding carboxylic acids is 1. The van der Waals surface area contributed by atoms with Crippen LogP contribution in [0.2, 0.25) is 0 Å². The van der Waals surface area contributed by atoms with Gasteiger partial charge in [-0.2, -0.15) is 0 Å². The standard InChI is InChI=1S/C14H20O4/c1-3-10(2)11-4-6-12(7-5-11)14(17)18-9-13(16)8-15/h4-7,10,13,15-16H,3,8-9H2,1-2H3. The Balaban J connectivity index is 2.59.